The number of ether oxygens (including phenoxy) is 1. The van der Waals surface area contributed by atoms with Gasteiger partial charge in [0.15, 0.2) is 0 Å². The third kappa shape index (κ3) is 8.10. The van der Waals surface area contributed by atoms with Gasteiger partial charge >= 0.3 is 0 Å². The fourth-order valence-electron chi connectivity index (χ4n) is 2.46. The van der Waals surface area contributed by atoms with Gasteiger partial charge < -0.3 is 15.4 Å². The average molecular weight is 369 g/mol. The van der Waals surface area contributed by atoms with Gasteiger partial charge in [0.05, 0.1) is 13.2 Å². The van der Waals surface area contributed by atoms with Crippen LogP contribution in [-0.2, 0) is 10.2 Å². The van der Waals surface area contributed by atoms with Crippen LogP contribution in [0.25, 0.3) is 0 Å². The van der Waals surface area contributed by atoms with Crippen molar-refractivity contribution >= 4 is 18.3 Å². The van der Waals surface area contributed by atoms with Gasteiger partial charge in [-0.3, -0.25) is 4.79 Å². The quantitative estimate of drug-likeness (QED) is 0.664. The molecule has 0 heterocycles. The van der Waals surface area contributed by atoms with E-state index in [1.807, 2.05) is 12.1 Å². The summed E-state index contributed by atoms with van der Waals surface area (Å²) in [5.74, 6) is 2.28. The molecule has 5 heteroatoms. The fourth-order valence-corrected chi connectivity index (χ4v) is 2.46. The first kappa shape index (κ1) is 21.8. The van der Waals surface area contributed by atoms with Crippen LogP contribution in [0.2, 0.25) is 0 Å². The predicted molar refractivity (Wildman–Crippen MR) is 106 cm³/mol. The summed E-state index contributed by atoms with van der Waals surface area (Å²) in [5.41, 5.74) is 1.09. The summed E-state index contributed by atoms with van der Waals surface area (Å²) in [5, 5.41) is 6.26. The zero-order chi connectivity index (χ0) is 17.6. The zero-order valence-corrected chi connectivity index (χ0v) is 16.7. The summed E-state index contributed by atoms with van der Waals surface area (Å²) in [7, 11) is 0. The molecule has 1 aliphatic rings. The van der Waals surface area contributed by atoms with Crippen molar-refractivity contribution in [3.8, 4) is 5.75 Å². The van der Waals surface area contributed by atoms with E-state index in [4.69, 9.17) is 4.74 Å². The van der Waals surface area contributed by atoms with Gasteiger partial charge in [-0.25, -0.2) is 0 Å². The van der Waals surface area contributed by atoms with Gasteiger partial charge in [0.2, 0.25) is 5.91 Å². The summed E-state index contributed by atoms with van der Waals surface area (Å²) in [6.07, 6.45) is 2.61. The maximum absolute atomic E-state index is 11.9. The molecule has 2 N–H and O–H groups in total. The van der Waals surface area contributed by atoms with E-state index in [1.165, 1.54) is 18.4 Å². The highest BCUT2D eigenvalue weighted by Gasteiger charge is 2.23. The lowest BCUT2D eigenvalue weighted by atomic mass is 9.84. The Morgan fingerprint density at radius 3 is 2.44 bits per heavy atom. The number of rotatable bonds is 10. The SMILES string of the molecule is CC(C)COc1ccc(C(C)(C)CNC(=O)CNCC2CC2)cc1.Cl. The highest BCUT2D eigenvalue weighted by molar-refractivity contribution is 5.85. The highest BCUT2D eigenvalue weighted by Crippen LogP contribution is 2.27. The summed E-state index contributed by atoms with van der Waals surface area (Å²) in [4.78, 5) is 11.9. The second-order valence-electron chi connectivity index (χ2n) is 7.96. The smallest absolute Gasteiger partial charge is 0.233 e. The van der Waals surface area contributed by atoms with Crippen LogP contribution >= 0.6 is 12.4 Å². The van der Waals surface area contributed by atoms with Gasteiger partial charge in [-0.05, 0) is 48.9 Å². The Balaban J connectivity index is 0.00000312. The molecule has 0 atom stereocenters. The Labute approximate surface area is 158 Å². The topological polar surface area (TPSA) is 50.4 Å². The first-order chi connectivity index (χ1) is 11.4. The van der Waals surface area contributed by atoms with Crippen molar-refractivity contribution in [3.05, 3.63) is 29.8 Å². The summed E-state index contributed by atoms with van der Waals surface area (Å²) < 4.78 is 5.72. The van der Waals surface area contributed by atoms with Gasteiger partial charge in [0.1, 0.15) is 5.75 Å². The molecule has 4 nitrogen and oxygen atoms in total. The Kier molecular flexibility index (Phi) is 8.74. The summed E-state index contributed by atoms with van der Waals surface area (Å²) >= 11 is 0. The van der Waals surface area contributed by atoms with Crippen molar-refractivity contribution < 1.29 is 9.53 Å². The molecule has 1 aliphatic carbocycles. The minimum Gasteiger partial charge on any atom is -0.493 e. The first-order valence-electron chi connectivity index (χ1n) is 9.07. The maximum Gasteiger partial charge on any atom is 0.233 e. The van der Waals surface area contributed by atoms with Gasteiger partial charge in [-0.2, -0.15) is 0 Å². The zero-order valence-electron chi connectivity index (χ0n) is 15.9. The van der Waals surface area contributed by atoms with Crippen LogP contribution < -0.4 is 15.4 Å². The van der Waals surface area contributed by atoms with Crippen LogP contribution in [0.15, 0.2) is 24.3 Å². The molecule has 0 unspecified atom stereocenters. The van der Waals surface area contributed by atoms with E-state index in [1.54, 1.807) is 0 Å². The van der Waals surface area contributed by atoms with Crippen LogP contribution in [-0.4, -0.2) is 32.1 Å². The Hall–Kier alpha value is -1.26. The Morgan fingerprint density at radius 1 is 1.24 bits per heavy atom. The standard InChI is InChI=1S/C20H32N2O2.ClH/c1-15(2)13-24-18-9-7-17(8-10-18)20(3,4)14-22-19(23)12-21-11-16-5-6-16;/h7-10,15-16,21H,5-6,11-14H2,1-4H3,(H,22,23);1H. The number of hydrogen-bond acceptors (Lipinski definition) is 3. The van der Waals surface area contributed by atoms with E-state index < -0.39 is 0 Å². The Morgan fingerprint density at radius 2 is 1.88 bits per heavy atom. The van der Waals surface area contributed by atoms with Gasteiger partial charge in [0.25, 0.3) is 0 Å². The van der Waals surface area contributed by atoms with Crippen LogP contribution in [0.5, 0.6) is 5.75 Å². The molecule has 1 aromatic carbocycles. The van der Waals surface area contributed by atoms with Gasteiger partial charge in [-0.1, -0.05) is 39.8 Å². The fraction of sp³-hybridized carbons (Fsp3) is 0.650. The average Bonchev–Trinajstić information content (AvgIpc) is 3.36. The number of halogens is 1. The van der Waals surface area contributed by atoms with Crippen molar-refractivity contribution in [2.75, 3.05) is 26.2 Å². The second kappa shape index (κ2) is 10.0. The number of amides is 1. The number of hydrogen-bond donors (Lipinski definition) is 2. The monoisotopic (exact) mass is 368 g/mol. The first-order valence-corrected chi connectivity index (χ1v) is 9.07. The van der Waals surface area contributed by atoms with Crippen LogP contribution in [0.4, 0.5) is 0 Å². The van der Waals surface area contributed by atoms with Crippen molar-refractivity contribution in [1.82, 2.24) is 10.6 Å². The third-order valence-corrected chi connectivity index (χ3v) is 4.36. The Bertz CT molecular complexity index is 525. The summed E-state index contributed by atoms with van der Waals surface area (Å²) in [6, 6.07) is 8.21. The van der Waals surface area contributed by atoms with E-state index in [2.05, 4.69) is 50.5 Å². The van der Waals surface area contributed by atoms with Crippen LogP contribution in [0.3, 0.4) is 0 Å². The molecule has 1 aromatic rings. The molecule has 25 heavy (non-hydrogen) atoms. The maximum atomic E-state index is 11.9. The molecule has 0 bridgehead atoms. The van der Waals surface area contributed by atoms with Crippen LogP contribution in [0, 0.1) is 11.8 Å². The van der Waals surface area contributed by atoms with Crippen molar-refractivity contribution in [2.24, 2.45) is 11.8 Å². The highest BCUT2D eigenvalue weighted by atomic mass is 35.5. The number of carbonyl (C=O) groups is 1. The second-order valence-corrected chi connectivity index (χ2v) is 7.96. The predicted octanol–water partition coefficient (Wildman–Crippen LogP) is 3.54. The molecule has 1 fully saturated rings. The molecule has 0 spiro atoms. The minimum absolute atomic E-state index is 0. The normalized spacial score (nSPS) is 14.1. The minimum atomic E-state index is -0.108. The van der Waals surface area contributed by atoms with E-state index in [-0.39, 0.29) is 23.7 Å². The largest absolute Gasteiger partial charge is 0.493 e. The van der Waals surface area contributed by atoms with Gasteiger partial charge in [-0.15, -0.1) is 12.4 Å². The number of carbonyl (C=O) groups excluding carboxylic acids is 1. The van der Waals surface area contributed by atoms with Crippen molar-refractivity contribution in [1.29, 1.82) is 0 Å². The van der Waals surface area contributed by atoms with Gasteiger partial charge in [0, 0.05) is 12.0 Å². The molecule has 2 rings (SSSR count). The van der Waals surface area contributed by atoms with Crippen LogP contribution in [0.1, 0.15) is 46.1 Å². The van der Waals surface area contributed by atoms with Crippen molar-refractivity contribution in [2.45, 2.75) is 46.0 Å². The van der Waals surface area contributed by atoms with Crippen molar-refractivity contribution in [3.63, 3.8) is 0 Å². The van der Waals surface area contributed by atoms with E-state index in [0.29, 0.717) is 19.0 Å². The number of benzene rings is 1. The molecule has 142 valence electrons. The lowest BCUT2D eigenvalue weighted by Crippen LogP contribution is -2.41. The third-order valence-electron chi connectivity index (χ3n) is 4.36. The molecule has 0 aliphatic heterocycles. The molecular formula is C20H33ClN2O2. The molecular weight excluding hydrogens is 336 g/mol. The van der Waals surface area contributed by atoms with E-state index in [9.17, 15) is 4.79 Å². The lowest BCUT2D eigenvalue weighted by Gasteiger charge is -2.26. The summed E-state index contributed by atoms with van der Waals surface area (Å²) in [6.45, 7) is 11.3. The molecule has 0 radical (unpaired) electrons. The molecule has 1 amide bonds. The van der Waals surface area contributed by atoms with E-state index in [0.717, 1.165) is 24.8 Å². The lowest BCUT2D eigenvalue weighted by molar-refractivity contribution is -0.120. The number of nitrogens with one attached hydrogen (secondary N) is 2. The molecule has 1 saturated carbocycles. The molecule has 0 saturated heterocycles. The van der Waals surface area contributed by atoms with E-state index >= 15 is 0 Å². The molecule has 0 aromatic heterocycles.